The second-order valence-corrected chi connectivity index (χ2v) is 9.24. The molecule has 0 fully saturated rings. The van der Waals surface area contributed by atoms with Gasteiger partial charge in [0, 0.05) is 24.6 Å². The van der Waals surface area contributed by atoms with Gasteiger partial charge in [-0.15, -0.1) is 0 Å². The average molecular weight is 475 g/mol. The maximum Gasteiger partial charge on any atom is 0.243 e. The van der Waals surface area contributed by atoms with E-state index in [1.165, 1.54) is 6.07 Å². The summed E-state index contributed by atoms with van der Waals surface area (Å²) < 4.78 is 14.7. The Morgan fingerprint density at radius 3 is 2.31 bits per heavy atom. The van der Waals surface area contributed by atoms with E-state index in [0.717, 1.165) is 28.7 Å². The number of nitrogens with one attached hydrogen (secondary N) is 1. The van der Waals surface area contributed by atoms with E-state index in [1.807, 2.05) is 76.2 Å². The SMILES string of the molecule is CC[C@H](C)NC(=O)[C@H](Cc1ccccc1)N(Cc1ccccc1F)C(=O)Cc1cc(C)ccc1C. The summed E-state index contributed by atoms with van der Waals surface area (Å²) in [7, 11) is 0. The van der Waals surface area contributed by atoms with Crippen molar-refractivity contribution in [1.82, 2.24) is 10.2 Å². The molecule has 0 aliphatic carbocycles. The van der Waals surface area contributed by atoms with Crippen LogP contribution in [0.4, 0.5) is 4.39 Å². The van der Waals surface area contributed by atoms with Crippen LogP contribution < -0.4 is 5.32 Å². The summed E-state index contributed by atoms with van der Waals surface area (Å²) in [5.74, 6) is -0.825. The zero-order chi connectivity index (χ0) is 25.4. The number of hydrogen-bond donors (Lipinski definition) is 1. The fourth-order valence-corrected chi connectivity index (χ4v) is 4.06. The molecule has 2 amide bonds. The molecule has 3 rings (SSSR count). The predicted octanol–water partition coefficient (Wildman–Crippen LogP) is 5.54. The van der Waals surface area contributed by atoms with Gasteiger partial charge in [0.2, 0.25) is 11.8 Å². The summed E-state index contributed by atoms with van der Waals surface area (Å²) in [4.78, 5) is 28.9. The van der Waals surface area contributed by atoms with Gasteiger partial charge in [0.25, 0.3) is 0 Å². The second-order valence-electron chi connectivity index (χ2n) is 9.24. The zero-order valence-electron chi connectivity index (χ0n) is 21.1. The van der Waals surface area contributed by atoms with Crippen LogP contribution in [0.1, 0.15) is 48.1 Å². The lowest BCUT2D eigenvalue weighted by Gasteiger charge is -2.32. The first-order valence-corrected chi connectivity index (χ1v) is 12.2. The molecule has 35 heavy (non-hydrogen) atoms. The molecule has 0 bridgehead atoms. The van der Waals surface area contributed by atoms with Gasteiger partial charge in [-0.1, -0.05) is 79.2 Å². The first-order valence-electron chi connectivity index (χ1n) is 12.2. The highest BCUT2D eigenvalue weighted by atomic mass is 19.1. The first kappa shape index (κ1) is 26.1. The Hall–Kier alpha value is -3.47. The number of aryl methyl sites for hydroxylation is 2. The molecule has 184 valence electrons. The van der Waals surface area contributed by atoms with E-state index >= 15 is 0 Å². The molecule has 0 saturated heterocycles. The van der Waals surface area contributed by atoms with Crippen molar-refractivity contribution in [2.24, 2.45) is 0 Å². The summed E-state index contributed by atoms with van der Waals surface area (Å²) in [6, 6.07) is 21.3. The largest absolute Gasteiger partial charge is 0.352 e. The summed E-state index contributed by atoms with van der Waals surface area (Å²) >= 11 is 0. The van der Waals surface area contributed by atoms with Gasteiger partial charge in [-0.05, 0) is 49.9 Å². The number of benzene rings is 3. The number of carbonyl (C=O) groups excluding carboxylic acids is 2. The molecule has 0 unspecified atom stereocenters. The summed E-state index contributed by atoms with van der Waals surface area (Å²) in [5, 5.41) is 3.04. The molecule has 0 radical (unpaired) electrons. The molecule has 3 aromatic carbocycles. The molecule has 0 saturated carbocycles. The molecule has 3 aromatic rings. The Morgan fingerprint density at radius 1 is 0.943 bits per heavy atom. The minimum atomic E-state index is -0.774. The maximum atomic E-state index is 14.7. The van der Waals surface area contributed by atoms with Gasteiger partial charge in [-0.25, -0.2) is 4.39 Å². The lowest BCUT2D eigenvalue weighted by molar-refractivity contribution is -0.141. The first-order chi connectivity index (χ1) is 16.8. The van der Waals surface area contributed by atoms with Crippen LogP contribution in [0.25, 0.3) is 0 Å². The van der Waals surface area contributed by atoms with Crippen molar-refractivity contribution in [3.63, 3.8) is 0 Å². The van der Waals surface area contributed by atoms with Crippen molar-refractivity contribution in [2.75, 3.05) is 0 Å². The van der Waals surface area contributed by atoms with Crippen molar-refractivity contribution < 1.29 is 14.0 Å². The van der Waals surface area contributed by atoms with Crippen LogP contribution >= 0.6 is 0 Å². The number of carbonyl (C=O) groups is 2. The number of nitrogens with zero attached hydrogens (tertiary/aromatic N) is 1. The molecule has 4 nitrogen and oxygen atoms in total. The van der Waals surface area contributed by atoms with Gasteiger partial charge in [-0.3, -0.25) is 9.59 Å². The van der Waals surface area contributed by atoms with Gasteiger partial charge < -0.3 is 10.2 Å². The van der Waals surface area contributed by atoms with Gasteiger partial charge in [-0.2, -0.15) is 0 Å². The molecule has 0 aliphatic heterocycles. The van der Waals surface area contributed by atoms with Crippen LogP contribution in [0.2, 0.25) is 0 Å². The molecule has 2 atom stereocenters. The van der Waals surface area contributed by atoms with Crippen molar-refractivity contribution in [3.05, 3.63) is 106 Å². The normalized spacial score (nSPS) is 12.6. The highest BCUT2D eigenvalue weighted by Gasteiger charge is 2.31. The van der Waals surface area contributed by atoms with Gasteiger partial charge in [0.15, 0.2) is 0 Å². The quantitative estimate of drug-likeness (QED) is 0.419. The Balaban J connectivity index is 2.01. The van der Waals surface area contributed by atoms with Crippen LogP contribution in [0.15, 0.2) is 72.8 Å². The van der Waals surface area contributed by atoms with Crippen molar-refractivity contribution >= 4 is 11.8 Å². The summed E-state index contributed by atoms with van der Waals surface area (Å²) in [6.45, 7) is 7.92. The van der Waals surface area contributed by atoms with E-state index in [1.54, 1.807) is 23.1 Å². The van der Waals surface area contributed by atoms with Crippen LogP contribution in [-0.4, -0.2) is 28.8 Å². The molecular formula is C30H35FN2O2. The standard InChI is InChI=1S/C30H35FN2O2/c1-5-23(4)32-30(35)28(18-24-11-7-6-8-12-24)33(20-25-13-9-10-14-27(25)31)29(34)19-26-17-21(2)15-16-22(26)3/h6-17,23,28H,5,18-20H2,1-4H3,(H,32,35)/t23-,28-/m0/s1. The third-order valence-corrected chi connectivity index (χ3v) is 6.42. The third kappa shape index (κ3) is 7.25. The van der Waals surface area contributed by atoms with Gasteiger partial charge in [0.05, 0.1) is 6.42 Å². The van der Waals surface area contributed by atoms with Crippen molar-refractivity contribution in [1.29, 1.82) is 0 Å². The Morgan fingerprint density at radius 2 is 1.63 bits per heavy atom. The monoisotopic (exact) mass is 474 g/mol. The molecule has 0 heterocycles. The van der Waals surface area contributed by atoms with E-state index in [9.17, 15) is 14.0 Å². The fraction of sp³-hybridized carbons (Fsp3) is 0.333. The molecule has 1 N–H and O–H groups in total. The maximum absolute atomic E-state index is 14.7. The van der Waals surface area contributed by atoms with E-state index < -0.39 is 11.9 Å². The van der Waals surface area contributed by atoms with Crippen LogP contribution in [0.5, 0.6) is 0 Å². The molecule has 0 spiro atoms. The molecule has 5 heteroatoms. The predicted molar refractivity (Wildman–Crippen MR) is 138 cm³/mol. The van der Waals surface area contributed by atoms with E-state index in [4.69, 9.17) is 0 Å². The summed E-state index contributed by atoms with van der Waals surface area (Å²) in [5.41, 5.74) is 4.31. The number of halogens is 1. The second kappa shape index (κ2) is 12.3. The Bertz CT molecular complexity index is 1150. The summed E-state index contributed by atoms with van der Waals surface area (Å²) in [6.07, 6.45) is 1.26. The Labute approximate surface area is 208 Å². The lowest BCUT2D eigenvalue weighted by atomic mass is 9.99. The number of rotatable bonds is 10. The molecule has 0 aromatic heterocycles. The van der Waals surface area contributed by atoms with Crippen LogP contribution in [-0.2, 0) is 29.0 Å². The van der Waals surface area contributed by atoms with Crippen molar-refractivity contribution in [3.8, 4) is 0 Å². The van der Waals surface area contributed by atoms with Crippen molar-refractivity contribution in [2.45, 2.75) is 65.6 Å². The molecular weight excluding hydrogens is 439 g/mol. The minimum Gasteiger partial charge on any atom is -0.352 e. The van der Waals surface area contributed by atoms with Gasteiger partial charge in [0.1, 0.15) is 11.9 Å². The van der Waals surface area contributed by atoms with Crippen LogP contribution in [0.3, 0.4) is 0 Å². The Kier molecular flexibility index (Phi) is 9.18. The van der Waals surface area contributed by atoms with E-state index in [2.05, 4.69) is 5.32 Å². The average Bonchev–Trinajstić information content (AvgIpc) is 2.85. The topological polar surface area (TPSA) is 49.4 Å². The molecule has 0 aliphatic rings. The van der Waals surface area contributed by atoms with Gasteiger partial charge >= 0.3 is 0 Å². The fourth-order valence-electron chi connectivity index (χ4n) is 4.06. The smallest absolute Gasteiger partial charge is 0.243 e. The third-order valence-electron chi connectivity index (χ3n) is 6.42. The minimum absolute atomic E-state index is 0.0157. The van der Waals surface area contributed by atoms with E-state index in [0.29, 0.717) is 12.0 Å². The highest BCUT2D eigenvalue weighted by molar-refractivity contribution is 5.89. The number of hydrogen-bond acceptors (Lipinski definition) is 2. The zero-order valence-corrected chi connectivity index (χ0v) is 21.1. The highest BCUT2D eigenvalue weighted by Crippen LogP contribution is 2.20. The number of amides is 2. The van der Waals surface area contributed by atoms with Crippen LogP contribution in [0, 0.1) is 19.7 Å². The lowest BCUT2D eigenvalue weighted by Crippen LogP contribution is -2.52. The van der Waals surface area contributed by atoms with E-state index in [-0.39, 0.29) is 30.8 Å².